The first kappa shape index (κ1) is 8.97. The second-order valence-corrected chi connectivity index (χ2v) is 3.22. The fourth-order valence-electron chi connectivity index (χ4n) is 1.52. The standard InChI is InChI=1S/C8H17NO2/c1-2-3-7(9)6-4-11-5-8(6)10/h6-8,10H,2-5,9H2,1H3. The van der Waals surface area contributed by atoms with E-state index in [-0.39, 0.29) is 18.1 Å². The van der Waals surface area contributed by atoms with Crippen molar-refractivity contribution >= 4 is 0 Å². The summed E-state index contributed by atoms with van der Waals surface area (Å²) in [7, 11) is 0. The molecule has 0 spiro atoms. The normalized spacial score (nSPS) is 34.1. The lowest BCUT2D eigenvalue weighted by Crippen LogP contribution is -2.37. The Labute approximate surface area is 67.5 Å². The first-order valence-electron chi connectivity index (χ1n) is 4.27. The number of hydrogen-bond donors (Lipinski definition) is 2. The molecule has 3 nitrogen and oxygen atoms in total. The van der Waals surface area contributed by atoms with Crippen molar-refractivity contribution in [1.29, 1.82) is 0 Å². The van der Waals surface area contributed by atoms with Gasteiger partial charge in [-0.25, -0.2) is 0 Å². The van der Waals surface area contributed by atoms with Crippen molar-refractivity contribution in [1.82, 2.24) is 0 Å². The minimum Gasteiger partial charge on any atom is -0.390 e. The molecule has 0 aromatic rings. The number of aliphatic hydroxyl groups excluding tert-OH is 1. The molecule has 1 aliphatic rings. The summed E-state index contributed by atoms with van der Waals surface area (Å²) < 4.78 is 5.11. The molecule has 0 radical (unpaired) electrons. The summed E-state index contributed by atoms with van der Waals surface area (Å²) in [5.74, 6) is 0.162. The van der Waals surface area contributed by atoms with Gasteiger partial charge in [0, 0.05) is 12.0 Å². The maximum Gasteiger partial charge on any atom is 0.0838 e. The minimum atomic E-state index is -0.337. The maximum absolute atomic E-state index is 9.38. The lowest BCUT2D eigenvalue weighted by Gasteiger charge is -2.19. The van der Waals surface area contributed by atoms with Crippen LogP contribution < -0.4 is 5.73 Å². The van der Waals surface area contributed by atoms with E-state index >= 15 is 0 Å². The number of rotatable bonds is 3. The Bertz CT molecular complexity index is 119. The van der Waals surface area contributed by atoms with Gasteiger partial charge in [0.15, 0.2) is 0 Å². The molecule has 11 heavy (non-hydrogen) atoms. The molecule has 0 saturated carbocycles. The van der Waals surface area contributed by atoms with E-state index in [1.165, 1.54) is 0 Å². The first-order valence-corrected chi connectivity index (χ1v) is 4.27. The average Bonchev–Trinajstić information content (AvgIpc) is 2.36. The number of nitrogens with two attached hydrogens (primary N) is 1. The Kier molecular flexibility index (Phi) is 3.30. The number of hydrogen-bond acceptors (Lipinski definition) is 3. The molecule has 3 heteroatoms. The molecule has 1 aliphatic heterocycles. The van der Waals surface area contributed by atoms with Gasteiger partial charge < -0.3 is 15.6 Å². The van der Waals surface area contributed by atoms with E-state index in [4.69, 9.17) is 10.5 Å². The molecule has 1 saturated heterocycles. The first-order chi connectivity index (χ1) is 5.25. The highest BCUT2D eigenvalue weighted by Gasteiger charge is 2.30. The van der Waals surface area contributed by atoms with E-state index in [1.54, 1.807) is 0 Å². The van der Waals surface area contributed by atoms with E-state index in [9.17, 15) is 5.11 Å². The molecule has 3 atom stereocenters. The van der Waals surface area contributed by atoms with E-state index in [0.717, 1.165) is 12.8 Å². The molecule has 66 valence electrons. The summed E-state index contributed by atoms with van der Waals surface area (Å²) in [6, 6.07) is 0.109. The molecule has 1 fully saturated rings. The molecule has 0 aliphatic carbocycles. The average molecular weight is 159 g/mol. The van der Waals surface area contributed by atoms with Crippen LogP contribution in [-0.2, 0) is 4.74 Å². The van der Waals surface area contributed by atoms with E-state index in [2.05, 4.69) is 6.92 Å². The van der Waals surface area contributed by atoms with Gasteiger partial charge in [0.2, 0.25) is 0 Å². The van der Waals surface area contributed by atoms with Crippen molar-refractivity contribution in [3.63, 3.8) is 0 Å². The maximum atomic E-state index is 9.38. The highest BCUT2D eigenvalue weighted by molar-refractivity contribution is 4.82. The van der Waals surface area contributed by atoms with Crippen LogP contribution >= 0.6 is 0 Å². The monoisotopic (exact) mass is 159 g/mol. The molecule has 0 bridgehead atoms. The SMILES string of the molecule is CCCC(N)C1COCC1O. The van der Waals surface area contributed by atoms with Crippen molar-refractivity contribution in [2.75, 3.05) is 13.2 Å². The van der Waals surface area contributed by atoms with Crippen LogP contribution in [0.15, 0.2) is 0 Å². The minimum absolute atomic E-state index is 0.109. The molecular weight excluding hydrogens is 142 g/mol. The van der Waals surface area contributed by atoms with Crippen LogP contribution in [0.5, 0.6) is 0 Å². The van der Waals surface area contributed by atoms with Gasteiger partial charge in [0.1, 0.15) is 0 Å². The zero-order valence-corrected chi connectivity index (χ0v) is 6.99. The number of aliphatic hydroxyl groups is 1. The molecule has 0 aromatic heterocycles. The van der Waals surface area contributed by atoms with Gasteiger partial charge >= 0.3 is 0 Å². The summed E-state index contributed by atoms with van der Waals surface area (Å²) in [5.41, 5.74) is 5.84. The molecule has 1 heterocycles. The predicted octanol–water partition coefficient (Wildman–Crippen LogP) is 0.121. The fourth-order valence-corrected chi connectivity index (χ4v) is 1.52. The lowest BCUT2D eigenvalue weighted by molar-refractivity contribution is 0.113. The summed E-state index contributed by atoms with van der Waals surface area (Å²) in [6.07, 6.45) is 1.71. The van der Waals surface area contributed by atoms with Crippen LogP contribution in [0, 0.1) is 5.92 Å². The molecule has 0 amide bonds. The third-order valence-electron chi connectivity index (χ3n) is 2.27. The highest BCUT2D eigenvalue weighted by Crippen LogP contribution is 2.18. The Morgan fingerprint density at radius 1 is 1.64 bits per heavy atom. The number of ether oxygens (including phenoxy) is 1. The Balaban J connectivity index is 2.33. The Morgan fingerprint density at radius 3 is 2.82 bits per heavy atom. The third kappa shape index (κ3) is 2.15. The smallest absolute Gasteiger partial charge is 0.0838 e. The van der Waals surface area contributed by atoms with Gasteiger partial charge in [0.05, 0.1) is 19.3 Å². The zero-order valence-electron chi connectivity index (χ0n) is 6.99. The van der Waals surface area contributed by atoms with Crippen LogP contribution in [0.4, 0.5) is 0 Å². The van der Waals surface area contributed by atoms with Gasteiger partial charge in [-0.2, -0.15) is 0 Å². The zero-order chi connectivity index (χ0) is 8.27. The molecule has 3 N–H and O–H groups in total. The predicted molar refractivity (Wildman–Crippen MR) is 43.2 cm³/mol. The van der Waals surface area contributed by atoms with Gasteiger partial charge in [-0.15, -0.1) is 0 Å². The molecular formula is C8H17NO2. The second-order valence-electron chi connectivity index (χ2n) is 3.22. The summed E-state index contributed by atoms with van der Waals surface area (Å²) >= 11 is 0. The second kappa shape index (κ2) is 4.04. The van der Waals surface area contributed by atoms with E-state index < -0.39 is 0 Å². The lowest BCUT2D eigenvalue weighted by atomic mass is 9.94. The van der Waals surface area contributed by atoms with E-state index in [1.807, 2.05) is 0 Å². The van der Waals surface area contributed by atoms with Gasteiger partial charge in [-0.1, -0.05) is 13.3 Å². The van der Waals surface area contributed by atoms with Gasteiger partial charge in [0.25, 0.3) is 0 Å². The van der Waals surface area contributed by atoms with Gasteiger partial charge in [-0.3, -0.25) is 0 Å². The van der Waals surface area contributed by atoms with Gasteiger partial charge in [-0.05, 0) is 6.42 Å². The molecule has 0 aromatic carbocycles. The van der Waals surface area contributed by atoms with Crippen molar-refractivity contribution in [2.45, 2.75) is 31.9 Å². The summed E-state index contributed by atoms with van der Waals surface area (Å²) in [5, 5.41) is 9.38. The van der Waals surface area contributed by atoms with Crippen molar-refractivity contribution in [3.05, 3.63) is 0 Å². The summed E-state index contributed by atoms with van der Waals surface area (Å²) in [6.45, 7) is 3.19. The molecule has 3 unspecified atom stereocenters. The Morgan fingerprint density at radius 2 is 2.36 bits per heavy atom. The van der Waals surface area contributed by atoms with Crippen LogP contribution in [-0.4, -0.2) is 30.5 Å². The van der Waals surface area contributed by atoms with Crippen molar-refractivity contribution in [2.24, 2.45) is 11.7 Å². The fraction of sp³-hybridized carbons (Fsp3) is 1.00. The van der Waals surface area contributed by atoms with Crippen LogP contribution in [0.2, 0.25) is 0 Å². The van der Waals surface area contributed by atoms with E-state index in [0.29, 0.717) is 13.2 Å². The topological polar surface area (TPSA) is 55.5 Å². The van der Waals surface area contributed by atoms with Crippen molar-refractivity contribution in [3.8, 4) is 0 Å². The third-order valence-corrected chi connectivity index (χ3v) is 2.27. The largest absolute Gasteiger partial charge is 0.390 e. The molecule has 1 rings (SSSR count). The van der Waals surface area contributed by atoms with Crippen LogP contribution in [0.25, 0.3) is 0 Å². The quantitative estimate of drug-likeness (QED) is 0.615. The summed E-state index contributed by atoms with van der Waals surface area (Å²) in [4.78, 5) is 0. The van der Waals surface area contributed by atoms with Crippen LogP contribution in [0.1, 0.15) is 19.8 Å². The Hall–Kier alpha value is -0.120. The van der Waals surface area contributed by atoms with Crippen LogP contribution in [0.3, 0.4) is 0 Å². The van der Waals surface area contributed by atoms with Crippen molar-refractivity contribution < 1.29 is 9.84 Å². The highest BCUT2D eigenvalue weighted by atomic mass is 16.5.